The molecular formula is C13H19N5. The predicted octanol–water partition coefficient (Wildman–Crippen LogP) is 1.83. The van der Waals surface area contributed by atoms with Crippen molar-refractivity contribution in [2.24, 2.45) is 0 Å². The van der Waals surface area contributed by atoms with Gasteiger partial charge in [-0.25, -0.2) is 4.68 Å². The van der Waals surface area contributed by atoms with Crippen LogP contribution >= 0.6 is 0 Å². The lowest BCUT2D eigenvalue weighted by molar-refractivity contribution is 0.640. The Labute approximate surface area is 107 Å². The second kappa shape index (κ2) is 5.08. The maximum absolute atomic E-state index is 6.10. The third-order valence-electron chi connectivity index (χ3n) is 2.98. The van der Waals surface area contributed by atoms with Crippen molar-refractivity contribution < 1.29 is 0 Å². The Morgan fingerprint density at radius 1 is 1.33 bits per heavy atom. The van der Waals surface area contributed by atoms with Crippen LogP contribution in [0.2, 0.25) is 0 Å². The molecule has 0 fully saturated rings. The molecule has 0 amide bonds. The molecule has 18 heavy (non-hydrogen) atoms. The van der Waals surface area contributed by atoms with E-state index in [-0.39, 0.29) is 0 Å². The maximum atomic E-state index is 6.10. The van der Waals surface area contributed by atoms with Gasteiger partial charge in [0.1, 0.15) is 0 Å². The van der Waals surface area contributed by atoms with E-state index in [1.807, 2.05) is 30.8 Å². The van der Waals surface area contributed by atoms with Gasteiger partial charge in [0.15, 0.2) is 5.82 Å². The molecule has 2 N–H and O–H groups in total. The highest BCUT2D eigenvalue weighted by Gasteiger charge is 2.15. The SMILES string of the molecule is CCn1nc(C)c(N)c1N(C)Cc1ccncc1. The summed E-state index contributed by atoms with van der Waals surface area (Å²) in [7, 11) is 2.03. The number of nitrogens with zero attached hydrogens (tertiary/aromatic N) is 4. The molecule has 0 atom stereocenters. The minimum Gasteiger partial charge on any atom is -0.394 e. The van der Waals surface area contributed by atoms with Gasteiger partial charge in [0.2, 0.25) is 0 Å². The molecule has 0 saturated carbocycles. The Balaban J connectivity index is 2.26. The normalized spacial score (nSPS) is 10.6. The number of aromatic nitrogens is 3. The van der Waals surface area contributed by atoms with Crippen molar-refractivity contribution in [3.8, 4) is 0 Å². The summed E-state index contributed by atoms with van der Waals surface area (Å²) in [5, 5.41) is 4.43. The summed E-state index contributed by atoms with van der Waals surface area (Å²) >= 11 is 0. The Hall–Kier alpha value is -2.04. The zero-order valence-electron chi connectivity index (χ0n) is 11.1. The zero-order valence-corrected chi connectivity index (χ0v) is 11.1. The molecule has 2 heterocycles. The number of nitrogen functional groups attached to an aromatic ring is 1. The molecule has 2 aromatic rings. The van der Waals surface area contributed by atoms with Gasteiger partial charge in [-0.15, -0.1) is 0 Å². The fourth-order valence-electron chi connectivity index (χ4n) is 2.04. The molecule has 5 heteroatoms. The number of hydrogen-bond donors (Lipinski definition) is 1. The van der Waals surface area contributed by atoms with Crippen LogP contribution in [0.15, 0.2) is 24.5 Å². The first-order chi connectivity index (χ1) is 8.63. The van der Waals surface area contributed by atoms with Crippen LogP contribution in [0.25, 0.3) is 0 Å². The van der Waals surface area contributed by atoms with E-state index in [1.54, 1.807) is 12.4 Å². The van der Waals surface area contributed by atoms with Gasteiger partial charge in [-0.3, -0.25) is 4.98 Å². The quantitative estimate of drug-likeness (QED) is 0.892. The average Bonchev–Trinajstić information content (AvgIpc) is 2.66. The molecule has 0 saturated heterocycles. The molecule has 0 aliphatic rings. The minimum absolute atomic E-state index is 0.758. The molecular weight excluding hydrogens is 226 g/mol. The number of nitrogens with two attached hydrogens (primary N) is 1. The van der Waals surface area contributed by atoms with Gasteiger partial charge in [-0.05, 0) is 31.5 Å². The maximum Gasteiger partial charge on any atom is 0.150 e. The highest BCUT2D eigenvalue weighted by atomic mass is 15.4. The van der Waals surface area contributed by atoms with E-state index in [2.05, 4.69) is 21.9 Å². The molecule has 2 rings (SSSR count). The van der Waals surface area contributed by atoms with Crippen molar-refractivity contribution in [2.45, 2.75) is 26.9 Å². The topological polar surface area (TPSA) is 60.0 Å². The molecule has 0 radical (unpaired) electrons. The van der Waals surface area contributed by atoms with Crippen LogP contribution in [-0.4, -0.2) is 21.8 Å². The summed E-state index contributed by atoms with van der Waals surface area (Å²) in [6.45, 7) is 5.60. The van der Waals surface area contributed by atoms with Crippen molar-refractivity contribution in [2.75, 3.05) is 17.7 Å². The van der Waals surface area contributed by atoms with Crippen LogP contribution in [0.1, 0.15) is 18.2 Å². The highest BCUT2D eigenvalue weighted by molar-refractivity contribution is 5.65. The van der Waals surface area contributed by atoms with E-state index >= 15 is 0 Å². The van der Waals surface area contributed by atoms with Crippen LogP contribution in [0.5, 0.6) is 0 Å². The standard InChI is InChI=1S/C13H19N5/c1-4-18-13(12(14)10(2)16-18)17(3)9-11-5-7-15-8-6-11/h5-8H,4,9,14H2,1-3H3. The molecule has 2 aromatic heterocycles. The van der Waals surface area contributed by atoms with E-state index in [0.717, 1.165) is 30.3 Å². The summed E-state index contributed by atoms with van der Waals surface area (Å²) in [5.74, 6) is 0.979. The first kappa shape index (κ1) is 12.4. The summed E-state index contributed by atoms with van der Waals surface area (Å²) in [6, 6.07) is 4.01. The Bertz CT molecular complexity index is 518. The van der Waals surface area contributed by atoms with Gasteiger partial charge in [-0.2, -0.15) is 5.10 Å². The van der Waals surface area contributed by atoms with Gasteiger partial charge in [0.25, 0.3) is 0 Å². The van der Waals surface area contributed by atoms with E-state index in [9.17, 15) is 0 Å². The minimum atomic E-state index is 0.758. The van der Waals surface area contributed by atoms with Crippen LogP contribution < -0.4 is 10.6 Å². The monoisotopic (exact) mass is 245 g/mol. The van der Waals surface area contributed by atoms with Crippen molar-refractivity contribution in [3.05, 3.63) is 35.8 Å². The molecule has 0 aromatic carbocycles. The molecule has 5 nitrogen and oxygen atoms in total. The van der Waals surface area contributed by atoms with Gasteiger partial charge >= 0.3 is 0 Å². The number of rotatable bonds is 4. The smallest absolute Gasteiger partial charge is 0.150 e. The van der Waals surface area contributed by atoms with Crippen molar-refractivity contribution in [1.82, 2.24) is 14.8 Å². The second-order valence-electron chi connectivity index (χ2n) is 4.35. The fourth-order valence-corrected chi connectivity index (χ4v) is 2.04. The van der Waals surface area contributed by atoms with E-state index in [1.165, 1.54) is 5.56 Å². The van der Waals surface area contributed by atoms with Crippen LogP contribution in [-0.2, 0) is 13.1 Å². The summed E-state index contributed by atoms with van der Waals surface area (Å²) < 4.78 is 1.94. The number of hydrogen-bond acceptors (Lipinski definition) is 4. The van der Waals surface area contributed by atoms with Crippen molar-refractivity contribution in [3.63, 3.8) is 0 Å². The predicted molar refractivity (Wildman–Crippen MR) is 73.4 cm³/mol. The largest absolute Gasteiger partial charge is 0.394 e. The number of anilines is 2. The highest BCUT2D eigenvalue weighted by Crippen LogP contribution is 2.26. The first-order valence-electron chi connectivity index (χ1n) is 6.06. The Morgan fingerprint density at radius 2 is 2.00 bits per heavy atom. The van der Waals surface area contributed by atoms with Crippen molar-refractivity contribution in [1.29, 1.82) is 0 Å². The Morgan fingerprint density at radius 3 is 2.61 bits per heavy atom. The molecule has 0 aliphatic carbocycles. The third kappa shape index (κ3) is 2.30. The van der Waals surface area contributed by atoms with Crippen LogP contribution in [0, 0.1) is 6.92 Å². The van der Waals surface area contributed by atoms with Crippen LogP contribution in [0.4, 0.5) is 11.5 Å². The van der Waals surface area contributed by atoms with Gasteiger partial charge in [0.05, 0.1) is 11.4 Å². The van der Waals surface area contributed by atoms with Crippen LogP contribution in [0.3, 0.4) is 0 Å². The van der Waals surface area contributed by atoms with Crippen molar-refractivity contribution >= 4 is 11.5 Å². The molecule has 0 aliphatic heterocycles. The summed E-state index contributed by atoms with van der Waals surface area (Å²) in [4.78, 5) is 6.14. The van der Waals surface area contributed by atoms with E-state index < -0.39 is 0 Å². The molecule has 0 spiro atoms. The average molecular weight is 245 g/mol. The van der Waals surface area contributed by atoms with E-state index in [4.69, 9.17) is 5.73 Å². The zero-order chi connectivity index (χ0) is 13.1. The molecule has 0 bridgehead atoms. The lowest BCUT2D eigenvalue weighted by Gasteiger charge is -2.20. The lowest BCUT2D eigenvalue weighted by Crippen LogP contribution is -2.21. The summed E-state index contributed by atoms with van der Waals surface area (Å²) in [6.07, 6.45) is 3.60. The Kier molecular flexibility index (Phi) is 3.50. The van der Waals surface area contributed by atoms with Gasteiger partial charge in [0, 0.05) is 32.5 Å². The first-order valence-corrected chi connectivity index (χ1v) is 6.06. The third-order valence-corrected chi connectivity index (χ3v) is 2.98. The summed E-state index contributed by atoms with van der Waals surface area (Å²) in [5.41, 5.74) is 8.94. The second-order valence-corrected chi connectivity index (χ2v) is 4.35. The lowest BCUT2D eigenvalue weighted by atomic mass is 10.2. The molecule has 0 unspecified atom stereocenters. The number of pyridine rings is 1. The fraction of sp³-hybridized carbons (Fsp3) is 0.385. The van der Waals surface area contributed by atoms with Gasteiger partial charge < -0.3 is 10.6 Å². The van der Waals surface area contributed by atoms with E-state index in [0.29, 0.717) is 0 Å². The molecule has 96 valence electrons. The van der Waals surface area contributed by atoms with Gasteiger partial charge in [-0.1, -0.05) is 0 Å². The number of aryl methyl sites for hydroxylation is 2.